The molecule has 0 aliphatic heterocycles. The highest BCUT2D eigenvalue weighted by molar-refractivity contribution is 5.65. The lowest BCUT2D eigenvalue weighted by molar-refractivity contribution is 0.474. The van der Waals surface area contributed by atoms with Gasteiger partial charge in [-0.2, -0.15) is 5.10 Å². The first kappa shape index (κ1) is 7.67. The summed E-state index contributed by atoms with van der Waals surface area (Å²) in [6.07, 6.45) is 1.34. The predicted octanol–water partition coefficient (Wildman–Crippen LogP) is 1.49. The van der Waals surface area contributed by atoms with Gasteiger partial charge in [0, 0.05) is 5.56 Å². The number of aromatic nitrogens is 2. The average molecular weight is 176 g/mol. The molecular weight excluding hydrogens is 168 g/mol. The highest BCUT2D eigenvalue weighted by Crippen LogP contribution is 2.26. The number of aromatic amines is 1. The Kier molecular flexibility index (Phi) is 1.66. The SMILES string of the molecule is Oc1ccc(-c2[nH]ncc2O)cc1. The van der Waals surface area contributed by atoms with Crippen LogP contribution in [-0.4, -0.2) is 20.4 Å². The van der Waals surface area contributed by atoms with Crippen LogP contribution in [0.4, 0.5) is 0 Å². The number of H-pyrrole nitrogens is 1. The second kappa shape index (κ2) is 2.82. The first-order valence-corrected chi connectivity index (χ1v) is 3.79. The normalized spacial score (nSPS) is 10.2. The van der Waals surface area contributed by atoms with Gasteiger partial charge in [-0.1, -0.05) is 0 Å². The summed E-state index contributed by atoms with van der Waals surface area (Å²) in [5.41, 5.74) is 1.34. The molecule has 4 nitrogen and oxygen atoms in total. The summed E-state index contributed by atoms with van der Waals surface area (Å²) in [5, 5.41) is 24.7. The molecule has 0 saturated heterocycles. The molecule has 0 radical (unpaired) electrons. The molecule has 0 atom stereocenters. The first-order valence-electron chi connectivity index (χ1n) is 3.79. The van der Waals surface area contributed by atoms with E-state index in [-0.39, 0.29) is 11.5 Å². The second-order valence-corrected chi connectivity index (χ2v) is 2.68. The Hall–Kier alpha value is -1.97. The van der Waals surface area contributed by atoms with Crippen molar-refractivity contribution < 1.29 is 10.2 Å². The second-order valence-electron chi connectivity index (χ2n) is 2.68. The van der Waals surface area contributed by atoms with Crippen molar-refractivity contribution in [3.63, 3.8) is 0 Å². The van der Waals surface area contributed by atoms with E-state index in [1.165, 1.54) is 6.20 Å². The van der Waals surface area contributed by atoms with E-state index in [9.17, 15) is 5.11 Å². The third-order valence-electron chi connectivity index (χ3n) is 1.78. The van der Waals surface area contributed by atoms with Gasteiger partial charge in [0.05, 0.1) is 6.20 Å². The lowest BCUT2D eigenvalue weighted by Crippen LogP contribution is -1.77. The number of rotatable bonds is 1. The first-order chi connectivity index (χ1) is 6.27. The average Bonchev–Trinajstić information content (AvgIpc) is 2.53. The summed E-state index contributed by atoms with van der Waals surface area (Å²) in [6, 6.07) is 6.50. The van der Waals surface area contributed by atoms with Crippen LogP contribution in [0.15, 0.2) is 30.5 Å². The molecule has 13 heavy (non-hydrogen) atoms. The summed E-state index contributed by atoms with van der Waals surface area (Å²) in [5.74, 6) is 0.299. The maximum atomic E-state index is 9.32. The van der Waals surface area contributed by atoms with E-state index >= 15 is 0 Å². The minimum atomic E-state index is 0.102. The molecule has 2 rings (SSSR count). The lowest BCUT2D eigenvalue weighted by Gasteiger charge is -1.97. The maximum Gasteiger partial charge on any atom is 0.161 e. The van der Waals surface area contributed by atoms with Gasteiger partial charge >= 0.3 is 0 Å². The molecule has 0 bridgehead atoms. The van der Waals surface area contributed by atoms with E-state index in [0.717, 1.165) is 5.56 Å². The van der Waals surface area contributed by atoms with Crippen LogP contribution in [0.25, 0.3) is 11.3 Å². The molecule has 1 aromatic heterocycles. The summed E-state index contributed by atoms with van der Waals surface area (Å²) < 4.78 is 0. The number of nitrogens with one attached hydrogen (secondary N) is 1. The lowest BCUT2D eigenvalue weighted by atomic mass is 10.1. The van der Waals surface area contributed by atoms with Crippen molar-refractivity contribution in [1.82, 2.24) is 10.2 Å². The molecule has 66 valence electrons. The smallest absolute Gasteiger partial charge is 0.161 e. The van der Waals surface area contributed by atoms with Gasteiger partial charge in [-0.05, 0) is 24.3 Å². The predicted molar refractivity (Wildman–Crippen MR) is 47.4 cm³/mol. The van der Waals surface area contributed by atoms with Crippen molar-refractivity contribution >= 4 is 0 Å². The van der Waals surface area contributed by atoms with Gasteiger partial charge < -0.3 is 10.2 Å². The van der Waals surface area contributed by atoms with Crippen molar-refractivity contribution in [2.75, 3.05) is 0 Å². The van der Waals surface area contributed by atoms with Gasteiger partial charge in [0.2, 0.25) is 0 Å². The number of hydrogen-bond acceptors (Lipinski definition) is 3. The standard InChI is InChI=1S/C9H8N2O2/c12-7-3-1-6(2-4-7)9-8(13)5-10-11-9/h1-5,12-13H,(H,10,11). The Balaban J connectivity index is 2.47. The minimum Gasteiger partial charge on any atom is -0.508 e. The highest BCUT2D eigenvalue weighted by Gasteiger charge is 2.04. The summed E-state index contributed by atoms with van der Waals surface area (Å²) in [6.45, 7) is 0. The van der Waals surface area contributed by atoms with Gasteiger partial charge in [-0.3, -0.25) is 5.10 Å². The minimum absolute atomic E-state index is 0.102. The number of aromatic hydroxyl groups is 2. The zero-order chi connectivity index (χ0) is 9.26. The Bertz CT molecular complexity index is 406. The molecule has 0 aliphatic rings. The van der Waals surface area contributed by atoms with Gasteiger partial charge in [0.25, 0.3) is 0 Å². The Morgan fingerprint density at radius 2 is 1.77 bits per heavy atom. The van der Waals surface area contributed by atoms with Crippen LogP contribution < -0.4 is 0 Å². The van der Waals surface area contributed by atoms with E-state index in [2.05, 4.69) is 10.2 Å². The summed E-state index contributed by atoms with van der Waals surface area (Å²) >= 11 is 0. The van der Waals surface area contributed by atoms with Gasteiger partial charge in [0.15, 0.2) is 5.75 Å². The van der Waals surface area contributed by atoms with E-state index in [1.54, 1.807) is 24.3 Å². The van der Waals surface area contributed by atoms with Crippen LogP contribution in [0.1, 0.15) is 0 Å². The zero-order valence-corrected chi connectivity index (χ0v) is 6.73. The van der Waals surface area contributed by atoms with E-state index < -0.39 is 0 Å². The molecule has 0 saturated carbocycles. The molecule has 2 aromatic rings. The van der Waals surface area contributed by atoms with Crippen molar-refractivity contribution in [3.05, 3.63) is 30.5 Å². The van der Waals surface area contributed by atoms with E-state index in [0.29, 0.717) is 5.69 Å². The molecular formula is C9H8N2O2. The van der Waals surface area contributed by atoms with Crippen LogP contribution in [0, 0.1) is 0 Å². The fourth-order valence-corrected chi connectivity index (χ4v) is 1.12. The van der Waals surface area contributed by atoms with Crippen LogP contribution >= 0.6 is 0 Å². The zero-order valence-electron chi connectivity index (χ0n) is 6.73. The molecule has 0 aliphatic carbocycles. The largest absolute Gasteiger partial charge is 0.508 e. The monoisotopic (exact) mass is 176 g/mol. The van der Waals surface area contributed by atoms with Crippen LogP contribution in [0.3, 0.4) is 0 Å². The number of phenols is 1. The van der Waals surface area contributed by atoms with Crippen LogP contribution in [-0.2, 0) is 0 Å². The fourth-order valence-electron chi connectivity index (χ4n) is 1.12. The maximum absolute atomic E-state index is 9.32. The van der Waals surface area contributed by atoms with Crippen molar-refractivity contribution in [2.45, 2.75) is 0 Å². The molecule has 0 amide bonds. The third kappa shape index (κ3) is 1.33. The number of nitrogens with zero attached hydrogens (tertiary/aromatic N) is 1. The third-order valence-corrected chi connectivity index (χ3v) is 1.78. The molecule has 0 spiro atoms. The van der Waals surface area contributed by atoms with Gasteiger partial charge in [-0.15, -0.1) is 0 Å². The highest BCUT2D eigenvalue weighted by atomic mass is 16.3. The Morgan fingerprint density at radius 1 is 1.08 bits per heavy atom. The van der Waals surface area contributed by atoms with Crippen LogP contribution in [0.5, 0.6) is 11.5 Å². The molecule has 0 unspecified atom stereocenters. The number of benzene rings is 1. The Labute approximate surface area is 74.5 Å². The number of phenolic OH excluding ortho intramolecular Hbond substituents is 1. The molecule has 1 aromatic carbocycles. The van der Waals surface area contributed by atoms with E-state index in [1.807, 2.05) is 0 Å². The van der Waals surface area contributed by atoms with E-state index in [4.69, 9.17) is 5.11 Å². The van der Waals surface area contributed by atoms with Gasteiger partial charge in [-0.25, -0.2) is 0 Å². The quantitative estimate of drug-likeness (QED) is 0.616. The molecule has 3 N–H and O–H groups in total. The summed E-state index contributed by atoms with van der Waals surface area (Å²) in [7, 11) is 0. The molecule has 4 heteroatoms. The Morgan fingerprint density at radius 3 is 2.31 bits per heavy atom. The topological polar surface area (TPSA) is 69.1 Å². The van der Waals surface area contributed by atoms with Crippen LogP contribution in [0.2, 0.25) is 0 Å². The van der Waals surface area contributed by atoms with Crippen molar-refractivity contribution in [2.24, 2.45) is 0 Å². The van der Waals surface area contributed by atoms with Crippen molar-refractivity contribution in [3.8, 4) is 22.8 Å². The van der Waals surface area contributed by atoms with Crippen molar-refractivity contribution in [1.29, 1.82) is 0 Å². The molecule has 1 heterocycles. The fraction of sp³-hybridized carbons (Fsp3) is 0. The number of hydrogen-bond donors (Lipinski definition) is 3. The molecule has 0 fully saturated rings. The summed E-state index contributed by atoms with van der Waals surface area (Å²) in [4.78, 5) is 0. The van der Waals surface area contributed by atoms with Gasteiger partial charge in [0.1, 0.15) is 11.4 Å².